The number of piperidine rings is 1. The van der Waals surface area contributed by atoms with Crippen LogP contribution in [0.4, 0.5) is 18.3 Å². The van der Waals surface area contributed by atoms with Crippen LogP contribution < -0.4 is 10.6 Å². The summed E-state index contributed by atoms with van der Waals surface area (Å²) in [6.45, 7) is 7.45. The fourth-order valence-electron chi connectivity index (χ4n) is 2.60. The number of aromatic nitrogens is 1. The minimum atomic E-state index is -4.08. The molecule has 1 fully saturated rings. The van der Waals surface area contributed by atoms with Gasteiger partial charge in [0.15, 0.2) is 5.13 Å². The zero-order chi connectivity index (χ0) is 15.8. The van der Waals surface area contributed by atoms with Crippen molar-refractivity contribution in [1.82, 2.24) is 4.98 Å². The first-order valence-electron chi connectivity index (χ1n) is 7.15. The molecule has 1 aromatic rings. The van der Waals surface area contributed by atoms with E-state index in [4.69, 9.17) is 5.73 Å². The molecule has 0 spiro atoms. The SMILES string of the molecule is CC(C)(C)c1nc(N2CCC(C(F)(F)F)CC2)sc1CN. The normalized spacial score (nSPS) is 18.3. The molecule has 2 N–H and O–H groups in total. The highest BCUT2D eigenvalue weighted by Gasteiger charge is 2.41. The first-order valence-corrected chi connectivity index (χ1v) is 7.96. The van der Waals surface area contributed by atoms with Crippen molar-refractivity contribution >= 4 is 16.5 Å². The molecule has 0 atom stereocenters. The van der Waals surface area contributed by atoms with E-state index in [0.29, 0.717) is 19.6 Å². The monoisotopic (exact) mass is 321 g/mol. The Labute approximate surface area is 127 Å². The molecule has 0 aromatic carbocycles. The van der Waals surface area contributed by atoms with Gasteiger partial charge in [0.2, 0.25) is 0 Å². The number of thiazole rings is 1. The van der Waals surface area contributed by atoms with Crippen LogP contribution in [0.3, 0.4) is 0 Å². The van der Waals surface area contributed by atoms with Crippen molar-refractivity contribution < 1.29 is 13.2 Å². The number of hydrogen-bond donors (Lipinski definition) is 1. The Hall–Kier alpha value is -0.820. The van der Waals surface area contributed by atoms with E-state index < -0.39 is 12.1 Å². The molecular weight excluding hydrogens is 299 g/mol. The standard InChI is InChI=1S/C14H22F3N3S/c1-13(2,3)11-10(8-18)21-12(19-11)20-6-4-9(5-7-20)14(15,16)17/h9H,4-8,18H2,1-3H3. The van der Waals surface area contributed by atoms with Crippen LogP contribution >= 0.6 is 11.3 Å². The van der Waals surface area contributed by atoms with Gasteiger partial charge in [-0.2, -0.15) is 13.2 Å². The van der Waals surface area contributed by atoms with E-state index in [1.54, 1.807) is 0 Å². The molecule has 0 aliphatic carbocycles. The Balaban J connectivity index is 2.13. The van der Waals surface area contributed by atoms with Gasteiger partial charge in [0.25, 0.3) is 0 Å². The van der Waals surface area contributed by atoms with E-state index >= 15 is 0 Å². The number of alkyl halides is 3. The quantitative estimate of drug-likeness (QED) is 0.903. The Morgan fingerprint density at radius 3 is 2.19 bits per heavy atom. The summed E-state index contributed by atoms with van der Waals surface area (Å²) in [5.74, 6) is -1.18. The zero-order valence-corrected chi connectivity index (χ0v) is 13.4. The largest absolute Gasteiger partial charge is 0.391 e. The van der Waals surface area contributed by atoms with Crippen molar-refractivity contribution in [2.75, 3.05) is 18.0 Å². The van der Waals surface area contributed by atoms with Crippen molar-refractivity contribution in [2.45, 2.75) is 51.7 Å². The van der Waals surface area contributed by atoms with E-state index in [1.807, 2.05) is 4.90 Å². The highest BCUT2D eigenvalue weighted by molar-refractivity contribution is 7.15. The van der Waals surface area contributed by atoms with Gasteiger partial charge in [-0.15, -0.1) is 11.3 Å². The second-order valence-corrected chi connectivity index (χ2v) is 7.59. The van der Waals surface area contributed by atoms with E-state index in [1.165, 1.54) is 11.3 Å². The molecule has 0 unspecified atom stereocenters. The lowest BCUT2D eigenvalue weighted by molar-refractivity contribution is -0.179. The van der Waals surface area contributed by atoms with Crippen LogP contribution in [0.1, 0.15) is 44.2 Å². The number of hydrogen-bond acceptors (Lipinski definition) is 4. The lowest BCUT2D eigenvalue weighted by Crippen LogP contribution is -2.39. The van der Waals surface area contributed by atoms with E-state index in [0.717, 1.165) is 15.7 Å². The summed E-state index contributed by atoms with van der Waals surface area (Å²) >= 11 is 1.51. The Kier molecular flexibility index (Phi) is 4.54. The smallest absolute Gasteiger partial charge is 0.348 e. The van der Waals surface area contributed by atoms with E-state index in [2.05, 4.69) is 25.8 Å². The molecule has 0 bridgehead atoms. The molecule has 3 nitrogen and oxygen atoms in total. The number of nitrogens with two attached hydrogens (primary N) is 1. The molecule has 21 heavy (non-hydrogen) atoms. The maximum Gasteiger partial charge on any atom is 0.391 e. The summed E-state index contributed by atoms with van der Waals surface area (Å²) in [7, 11) is 0. The van der Waals surface area contributed by atoms with Gasteiger partial charge < -0.3 is 10.6 Å². The Morgan fingerprint density at radius 2 is 1.81 bits per heavy atom. The van der Waals surface area contributed by atoms with Crippen LogP contribution in [-0.4, -0.2) is 24.2 Å². The number of rotatable bonds is 2. The summed E-state index contributed by atoms with van der Waals surface area (Å²) in [5, 5.41) is 0.806. The van der Waals surface area contributed by atoms with E-state index in [-0.39, 0.29) is 18.3 Å². The number of nitrogens with zero attached hydrogens (tertiary/aromatic N) is 2. The minimum Gasteiger partial charge on any atom is -0.348 e. The predicted octanol–water partition coefficient (Wildman–Crippen LogP) is 3.68. The molecule has 0 saturated carbocycles. The summed E-state index contributed by atoms with van der Waals surface area (Å²) in [5.41, 5.74) is 6.63. The fourth-order valence-corrected chi connectivity index (χ4v) is 3.80. The van der Waals surface area contributed by atoms with Crippen molar-refractivity contribution in [3.05, 3.63) is 10.6 Å². The summed E-state index contributed by atoms with van der Waals surface area (Å²) in [6, 6.07) is 0. The molecule has 0 radical (unpaired) electrons. The molecule has 2 heterocycles. The first kappa shape index (κ1) is 16.5. The summed E-state index contributed by atoms with van der Waals surface area (Å²) in [4.78, 5) is 7.63. The lowest BCUT2D eigenvalue weighted by Gasteiger charge is -2.32. The van der Waals surface area contributed by atoms with Gasteiger partial charge in [-0.05, 0) is 12.8 Å². The minimum absolute atomic E-state index is 0.103. The van der Waals surface area contributed by atoms with E-state index in [9.17, 15) is 13.2 Å². The summed E-state index contributed by atoms with van der Waals surface area (Å²) in [6.07, 6.45) is -3.79. The highest BCUT2D eigenvalue weighted by atomic mass is 32.1. The maximum atomic E-state index is 12.7. The Morgan fingerprint density at radius 1 is 1.24 bits per heavy atom. The second-order valence-electron chi connectivity index (χ2n) is 6.53. The average Bonchev–Trinajstić information content (AvgIpc) is 2.82. The molecule has 0 amide bonds. The molecule has 7 heteroatoms. The number of anilines is 1. The molecule has 1 saturated heterocycles. The Bertz CT molecular complexity index is 483. The molecule has 2 rings (SSSR count). The average molecular weight is 321 g/mol. The van der Waals surface area contributed by atoms with Crippen LogP contribution in [0.5, 0.6) is 0 Å². The third-order valence-corrected chi connectivity index (χ3v) is 4.95. The zero-order valence-electron chi connectivity index (χ0n) is 12.6. The molecule has 1 aromatic heterocycles. The maximum absolute atomic E-state index is 12.7. The first-order chi connectivity index (χ1) is 9.63. The van der Waals surface area contributed by atoms with Crippen LogP contribution in [0.15, 0.2) is 0 Å². The van der Waals surface area contributed by atoms with Crippen molar-refractivity contribution in [2.24, 2.45) is 11.7 Å². The molecule has 120 valence electrons. The van der Waals surface area contributed by atoms with Crippen molar-refractivity contribution in [3.63, 3.8) is 0 Å². The van der Waals surface area contributed by atoms with Gasteiger partial charge in [-0.25, -0.2) is 4.98 Å². The summed E-state index contributed by atoms with van der Waals surface area (Å²) < 4.78 is 38.1. The van der Waals surface area contributed by atoms with Crippen molar-refractivity contribution in [3.8, 4) is 0 Å². The topological polar surface area (TPSA) is 42.2 Å². The van der Waals surface area contributed by atoms with Gasteiger partial charge in [-0.3, -0.25) is 0 Å². The van der Waals surface area contributed by atoms with Gasteiger partial charge in [0.1, 0.15) is 0 Å². The van der Waals surface area contributed by atoms with Gasteiger partial charge in [0, 0.05) is 29.9 Å². The molecular formula is C14H22F3N3S. The third kappa shape index (κ3) is 3.69. The van der Waals surface area contributed by atoms with Gasteiger partial charge in [0.05, 0.1) is 11.6 Å². The molecule has 1 aliphatic rings. The van der Waals surface area contributed by atoms with Crippen LogP contribution in [-0.2, 0) is 12.0 Å². The predicted molar refractivity (Wildman–Crippen MR) is 79.7 cm³/mol. The van der Waals surface area contributed by atoms with Crippen LogP contribution in [0, 0.1) is 5.92 Å². The third-order valence-electron chi connectivity index (χ3n) is 3.81. The van der Waals surface area contributed by atoms with Gasteiger partial charge >= 0.3 is 6.18 Å². The fraction of sp³-hybridized carbons (Fsp3) is 0.786. The van der Waals surface area contributed by atoms with Crippen LogP contribution in [0.25, 0.3) is 0 Å². The van der Waals surface area contributed by atoms with Gasteiger partial charge in [-0.1, -0.05) is 20.8 Å². The lowest BCUT2D eigenvalue weighted by atomic mass is 9.91. The van der Waals surface area contributed by atoms with Crippen LogP contribution in [0.2, 0.25) is 0 Å². The van der Waals surface area contributed by atoms with Crippen molar-refractivity contribution in [1.29, 1.82) is 0 Å². The number of halogens is 3. The highest BCUT2D eigenvalue weighted by Crippen LogP contribution is 2.38. The second kappa shape index (κ2) is 5.76. The molecule has 1 aliphatic heterocycles.